The maximum atomic E-state index is 3.50. The van der Waals surface area contributed by atoms with Crippen molar-refractivity contribution in [3.8, 4) is 0 Å². The quantitative estimate of drug-likeness (QED) is 0.330. The van der Waals surface area contributed by atoms with Crippen molar-refractivity contribution in [2.45, 2.75) is 39.0 Å². The van der Waals surface area contributed by atoms with E-state index >= 15 is 0 Å². The molecular formula is C14H34N4. The van der Waals surface area contributed by atoms with Crippen LogP contribution >= 0.6 is 0 Å². The van der Waals surface area contributed by atoms with Gasteiger partial charge in [-0.1, -0.05) is 6.92 Å². The van der Waals surface area contributed by atoms with Crippen LogP contribution in [-0.2, 0) is 0 Å². The molecule has 0 saturated carbocycles. The Hall–Kier alpha value is -0.160. The van der Waals surface area contributed by atoms with E-state index in [0.29, 0.717) is 0 Å². The van der Waals surface area contributed by atoms with Gasteiger partial charge < -0.3 is 21.3 Å². The van der Waals surface area contributed by atoms with Crippen LogP contribution in [-0.4, -0.2) is 52.9 Å². The number of unbranched alkanes of at least 4 members (excludes halogenated alkanes) is 1. The van der Waals surface area contributed by atoms with Gasteiger partial charge in [-0.3, -0.25) is 0 Å². The van der Waals surface area contributed by atoms with Gasteiger partial charge in [0.2, 0.25) is 0 Å². The van der Waals surface area contributed by atoms with Gasteiger partial charge in [0, 0.05) is 0 Å². The lowest BCUT2D eigenvalue weighted by molar-refractivity contribution is 0.552. The molecule has 4 nitrogen and oxygen atoms in total. The summed E-state index contributed by atoms with van der Waals surface area (Å²) in [6.07, 6.45) is 6.25. The largest absolute Gasteiger partial charge is 0.320 e. The number of rotatable bonds is 15. The van der Waals surface area contributed by atoms with Gasteiger partial charge >= 0.3 is 0 Å². The van der Waals surface area contributed by atoms with Crippen molar-refractivity contribution in [2.75, 3.05) is 52.9 Å². The second-order valence-corrected chi connectivity index (χ2v) is 4.77. The predicted octanol–water partition coefficient (Wildman–Crippen LogP) is 0.945. The molecule has 0 aliphatic carbocycles. The van der Waals surface area contributed by atoms with Crippen LogP contribution in [0.4, 0.5) is 0 Å². The first-order valence-electron chi connectivity index (χ1n) is 7.68. The van der Waals surface area contributed by atoms with Crippen molar-refractivity contribution < 1.29 is 0 Å². The van der Waals surface area contributed by atoms with E-state index in [1.165, 1.54) is 32.1 Å². The molecule has 0 aromatic rings. The molecule has 110 valence electrons. The first-order chi connectivity index (χ1) is 8.91. The van der Waals surface area contributed by atoms with E-state index in [0.717, 1.165) is 45.8 Å². The average molecular weight is 258 g/mol. The molecule has 4 heteroatoms. The molecule has 0 aliphatic rings. The summed E-state index contributed by atoms with van der Waals surface area (Å²) in [7, 11) is 2.00. The zero-order valence-corrected chi connectivity index (χ0v) is 12.5. The molecule has 0 radical (unpaired) electrons. The molecule has 0 atom stereocenters. The average Bonchev–Trinajstić information content (AvgIpc) is 2.39. The van der Waals surface area contributed by atoms with E-state index in [2.05, 4.69) is 28.2 Å². The minimum atomic E-state index is 1.11. The Morgan fingerprint density at radius 1 is 0.556 bits per heavy atom. The van der Waals surface area contributed by atoms with Gasteiger partial charge in [-0.2, -0.15) is 0 Å². The lowest BCUT2D eigenvalue weighted by Gasteiger charge is -2.06. The van der Waals surface area contributed by atoms with Gasteiger partial charge in [-0.15, -0.1) is 0 Å². The molecule has 0 spiro atoms. The summed E-state index contributed by atoms with van der Waals surface area (Å²) >= 11 is 0. The van der Waals surface area contributed by atoms with Gasteiger partial charge in [0.25, 0.3) is 0 Å². The monoisotopic (exact) mass is 258 g/mol. The van der Waals surface area contributed by atoms with E-state index in [4.69, 9.17) is 0 Å². The van der Waals surface area contributed by atoms with E-state index in [-0.39, 0.29) is 0 Å². The number of nitrogens with one attached hydrogen (secondary N) is 4. The fourth-order valence-corrected chi connectivity index (χ4v) is 1.78. The molecule has 0 unspecified atom stereocenters. The molecule has 0 heterocycles. The minimum absolute atomic E-state index is 1.11. The third kappa shape index (κ3) is 15.8. The van der Waals surface area contributed by atoms with Gasteiger partial charge in [0.1, 0.15) is 0 Å². The van der Waals surface area contributed by atoms with E-state index in [1.54, 1.807) is 0 Å². The first kappa shape index (κ1) is 17.8. The smallest absolute Gasteiger partial charge is 0.00368 e. The van der Waals surface area contributed by atoms with Gasteiger partial charge in [0.15, 0.2) is 0 Å². The fourth-order valence-electron chi connectivity index (χ4n) is 1.78. The van der Waals surface area contributed by atoms with Crippen LogP contribution < -0.4 is 21.3 Å². The molecule has 18 heavy (non-hydrogen) atoms. The lowest BCUT2D eigenvalue weighted by Crippen LogP contribution is -2.24. The zero-order valence-electron chi connectivity index (χ0n) is 12.5. The molecule has 0 amide bonds. The molecule has 0 aromatic heterocycles. The van der Waals surface area contributed by atoms with Crippen LogP contribution in [0, 0.1) is 0 Å². The second-order valence-electron chi connectivity index (χ2n) is 4.77. The molecule has 0 saturated heterocycles. The standard InChI is InChI=1S/C14H34N4/c1-3-8-16-13-7-14-18-11-5-4-10-17-12-6-9-15-2/h15-18H,3-14H2,1-2H3. The Kier molecular flexibility index (Phi) is 16.7. The van der Waals surface area contributed by atoms with Crippen LogP contribution in [0.1, 0.15) is 39.0 Å². The summed E-state index contributed by atoms with van der Waals surface area (Å²) in [6.45, 7) is 10.2. The third-order valence-electron chi connectivity index (χ3n) is 2.87. The summed E-state index contributed by atoms with van der Waals surface area (Å²) in [5.74, 6) is 0. The predicted molar refractivity (Wildman–Crippen MR) is 81.3 cm³/mol. The van der Waals surface area contributed by atoms with Crippen LogP contribution in [0.25, 0.3) is 0 Å². The Bertz CT molecular complexity index is 126. The summed E-state index contributed by atoms with van der Waals surface area (Å²) in [5.41, 5.74) is 0. The highest BCUT2D eigenvalue weighted by atomic mass is 14.9. The Balaban J connectivity index is 2.86. The summed E-state index contributed by atoms with van der Waals surface area (Å²) in [5, 5.41) is 13.5. The topological polar surface area (TPSA) is 48.1 Å². The molecule has 0 aliphatic heterocycles. The maximum absolute atomic E-state index is 3.50. The molecule has 4 N–H and O–H groups in total. The Morgan fingerprint density at radius 2 is 1.00 bits per heavy atom. The zero-order chi connectivity index (χ0) is 13.3. The minimum Gasteiger partial charge on any atom is -0.320 e. The molecule has 0 rings (SSSR count). The van der Waals surface area contributed by atoms with Crippen LogP contribution in [0.2, 0.25) is 0 Å². The number of hydrogen-bond acceptors (Lipinski definition) is 4. The lowest BCUT2D eigenvalue weighted by atomic mass is 10.3. The second kappa shape index (κ2) is 16.8. The summed E-state index contributed by atoms with van der Waals surface area (Å²) in [4.78, 5) is 0. The number of hydrogen-bond donors (Lipinski definition) is 4. The highest BCUT2D eigenvalue weighted by Crippen LogP contribution is 1.85. The van der Waals surface area contributed by atoms with Crippen molar-refractivity contribution in [3.05, 3.63) is 0 Å². The van der Waals surface area contributed by atoms with Gasteiger partial charge in [0.05, 0.1) is 0 Å². The SMILES string of the molecule is CCCNCCCNCCCCNCCCNC. The maximum Gasteiger partial charge on any atom is -0.00368 e. The van der Waals surface area contributed by atoms with Crippen LogP contribution in [0.3, 0.4) is 0 Å². The van der Waals surface area contributed by atoms with Crippen molar-refractivity contribution in [1.82, 2.24) is 21.3 Å². The van der Waals surface area contributed by atoms with Crippen LogP contribution in [0.15, 0.2) is 0 Å². The van der Waals surface area contributed by atoms with Crippen molar-refractivity contribution >= 4 is 0 Å². The summed E-state index contributed by atoms with van der Waals surface area (Å²) < 4.78 is 0. The Labute approximate surface area is 114 Å². The normalized spacial score (nSPS) is 11.0. The van der Waals surface area contributed by atoms with Crippen LogP contribution in [0.5, 0.6) is 0 Å². The van der Waals surface area contributed by atoms with E-state index in [1.807, 2.05) is 7.05 Å². The first-order valence-corrected chi connectivity index (χ1v) is 7.68. The van der Waals surface area contributed by atoms with Crippen molar-refractivity contribution in [2.24, 2.45) is 0 Å². The highest BCUT2D eigenvalue weighted by molar-refractivity contribution is 4.54. The van der Waals surface area contributed by atoms with Crippen molar-refractivity contribution in [1.29, 1.82) is 0 Å². The molecule has 0 fully saturated rings. The van der Waals surface area contributed by atoms with Gasteiger partial charge in [-0.25, -0.2) is 0 Å². The summed E-state index contributed by atoms with van der Waals surface area (Å²) in [6, 6.07) is 0. The molecule has 0 aromatic carbocycles. The third-order valence-corrected chi connectivity index (χ3v) is 2.87. The van der Waals surface area contributed by atoms with Gasteiger partial charge in [-0.05, 0) is 85.0 Å². The molecular weight excluding hydrogens is 224 g/mol. The molecule has 0 bridgehead atoms. The highest BCUT2D eigenvalue weighted by Gasteiger charge is 1.91. The fraction of sp³-hybridized carbons (Fsp3) is 1.00. The van der Waals surface area contributed by atoms with Crippen molar-refractivity contribution in [3.63, 3.8) is 0 Å². The van der Waals surface area contributed by atoms with E-state index in [9.17, 15) is 0 Å². The Morgan fingerprint density at radius 3 is 1.50 bits per heavy atom. The van der Waals surface area contributed by atoms with E-state index < -0.39 is 0 Å².